The number of hydrogen-bond acceptors (Lipinski definition) is 4. The molecular weight excluding hydrogens is 257 g/mol. The Labute approximate surface area is 98.4 Å². The molecule has 1 heterocycles. The van der Waals surface area contributed by atoms with E-state index in [0.717, 1.165) is 6.07 Å². The highest BCUT2D eigenvalue weighted by Crippen LogP contribution is 2.45. The molecule has 5 nitrogen and oxygen atoms in total. The first-order valence-corrected chi connectivity index (χ1v) is 4.73. The molecule has 0 aromatic heterocycles. The van der Waals surface area contributed by atoms with E-state index in [4.69, 9.17) is 14.6 Å². The molecule has 0 fully saturated rings. The Hall–Kier alpha value is -1.96. The molecule has 0 spiro atoms. The van der Waals surface area contributed by atoms with Crippen LogP contribution in [0, 0.1) is 0 Å². The molecule has 0 bridgehead atoms. The summed E-state index contributed by atoms with van der Waals surface area (Å²) in [6, 6.07) is 1.66. The number of fused-ring (bicyclic) bond motifs is 1. The first-order valence-electron chi connectivity index (χ1n) is 4.73. The molecule has 1 atom stereocenters. The van der Waals surface area contributed by atoms with Crippen LogP contribution >= 0.6 is 0 Å². The van der Waals surface area contributed by atoms with Gasteiger partial charge in [-0.15, -0.1) is 0 Å². The lowest BCUT2D eigenvalue weighted by molar-refractivity contribution is -0.149. The number of carbonyl (C=O) groups is 1. The van der Waals surface area contributed by atoms with Crippen LogP contribution in [0.5, 0.6) is 11.5 Å². The summed E-state index contributed by atoms with van der Waals surface area (Å²) in [5, 5.41) is 18.0. The molecule has 1 unspecified atom stereocenters. The average molecular weight is 264 g/mol. The third-order valence-electron chi connectivity index (χ3n) is 2.39. The lowest BCUT2D eigenvalue weighted by Crippen LogP contribution is -2.18. The molecule has 1 aromatic rings. The van der Waals surface area contributed by atoms with Gasteiger partial charge in [0.15, 0.2) is 17.6 Å². The van der Waals surface area contributed by atoms with Gasteiger partial charge in [-0.2, -0.15) is 13.2 Å². The van der Waals surface area contributed by atoms with Crippen LogP contribution in [0.1, 0.15) is 17.2 Å². The zero-order valence-electron chi connectivity index (χ0n) is 8.69. The van der Waals surface area contributed by atoms with Crippen LogP contribution in [0.25, 0.3) is 0 Å². The first-order chi connectivity index (χ1) is 8.32. The molecule has 2 N–H and O–H groups in total. The maximum absolute atomic E-state index is 12.7. The number of ether oxygens (including phenoxy) is 2. The zero-order chi connectivity index (χ0) is 13.5. The second-order valence-corrected chi connectivity index (χ2v) is 3.50. The predicted molar refractivity (Wildman–Crippen MR) is 50.2 cm³/mol. The van der Waals surface area contributed by atoms with Gasteiger partial charge in [-0.25, -0.2) is 4.79 Å². The van der Waals surface area contributed by atoms with E-state index in [2.05, 4.69) is 0 Å². The highest BCUT2D eigenvalue weighted by molar-refractivity contribution is 5.77. The predicted octanol–water partition coefficient (Wildman–Crippen LogP) is 1.55. The van der Waals surface area contributed by atoms with Gasteiger partial charge in [0.25, 0.3) is 0 Å². The van der Waals surface area contributed by atoms with Crippen molar-refractivity contribution >= 4 is 5.97 Å². The maximum Gasteiger partial charge on any atom is 0.416 e. The van der Waals surface area contributed by atoms with Crippen molar-refractivity contribution in [3.63, 3.8) is 0 Å². The zero-order valence-corrected chi connectivity index (χ0v) is 8.69. The van der Waals surface area contributed by atoms with Crippen LogP contribution in [-0.4, -0.2) is 23.0 Å². The van der Waals surface area contributed by atoms with Crippen LogP contribution in [0.3, 0.4) is 0 Å². The number of aliphatic carboxylic acids is 1. The second-order valence-electron chi connectivity index (χ2n) is 3.50. The highest BCUT2D eigenvalue weighted by Gasteiger charge is 2.40. The standard InChI is InChI=1S/C10H7F3O5/c11-10(12,13)4-1-2-5-8(18-3-17-5)6(4)7(14)9(15)16/h1-2,7,14H,3H2,(H,15,16). The molecule has 1 aliphatic rings. The summed E-state index contributed by atoms with van der Waals surface area (Å²) in [5.41, 5.74) is -2.10. The average Bonchev–Trinajstić information content (AvgIpc) is 2.72. The van der Waals surface area contributed by atoms with Gasteiger partial charge in [0, 0.05) is 0 Å². The fourth-order valence-corrected chi connectivity index (χ4v) is 1.64. The van der Waals surface area contributed by atoms with Gasteiger partial charge in [0.05, 0.1) is 11.1 Å². The van der Waals surface area contributed by atoms with Gasteiger partial charge in [0.1, 0.15) is 0 Å². The lowest BCUT2D eigenvalue weighted by atomic mass is 10.00. The Bertz CT molecular complexity index is 497. The third-order valence-corrected chi connectivity index (χ3v) is 2.39. The SMILES string of the molecule is O=C(O)C(O)c1c(C(F)(F)F)ccc2c1OCO2. The summed E-state index contributed by atoms with van der Waals surface area (Å²) in [5.74, 6) is -2.22. The number of carboxylic acid groups (broad SMARTS) is 1. The molecule has 8 heteroatoms. The Morgan fingerprint density at radius 2 is 2.00 bits per heavy atom. The summed E-state index contributed by atoms with van der Waals surface area (Å²) in [4.78, 5) is 10.7. The number of alkyl halides is 3. The van der Waals surface area contributed by atoms with E-state index in [1.807, 2.05) is 0 Å². The van der Waals surface area contributed by atoms with Crippen molar-refractivity contribution in [1.29, 1.82) is 0 Å². The van der Waals surface area contributed by atoms with E-state index >= 15 is 0 Å². The molecule has 0 saturated heterocycles. The Kier molecular flexibility index (Phi) is 2.81. The van der Waals surface area contributed by atoms with Gasteiger partial charge < -0.3 is 19.7 Å². The number of rotatable bonds is 2. The Morgan fingerprint density at radius 1 is 1.33 bits per heavy atom. The molecular formula is C10H7F3O5. The van der Waals surface area contributed by atoms with Gasteiger partial charge >= 0.3 is 12.1 Å². The number of aliphatic hydroxyl groups is 1. The van der Waals surface area contributed by atoms with Crippen LogP contribution in [0.2, 0.25) is 0 Å². The number of halogens is 3. The molecule has 0 radical (unpaired) electrons. The van der Waals surface area contributed by atoms with E-state index in [1.165, 1.54) is 0 Å². The summed E-state index contributed by atoms with van der Waals surface area (Å²) < 4.78 is 47.9. The quantitative estimate of drug-likeness (QED) is 0.847. The molecule has 18 heavy (non-hydrogen) atoms. The minimum atomic E-state index is -4.80. The largest absolute Gasteiger partial charge is 0.479 e. The Morgan fingerprint density at radius 3 is 2.56 bits per heavy atom. The number of benzene rings is 1. The molecule has 2 rings (SSSR count). The van der Waals surface area contributed by atoms with Crippen molar-refractivity contribution in [2.45, 2.75) is 12.3 Å². The fourth-order valence-electron chi connectivity index (χ4n) is 1.64. The molecule has 1 aliphatic heterocycles. The molecule has 0 aliphatic carbocycles. The Balaban J connectivity index is 2.65. The number of aliphatic hydroxyl groups excluding tert-OH is 1. The maximum atomic E-state index is 12.7. The van der Waals surface area contributed by atoms with Crippen LogP contribution < -0.4 is 9.47 Å². The minimum Gasteiger partial charge on any atom is -0.479 e. The summed E-state index contributed by atoms with van der Waals surface area (Å²) in [6.45, 7) is -0.323. The summed E-state index contributed by atoms with van der Waals surface area (Å²) in [7, 11) is 0. The first kappa shape index (κ1) is 12.5. The second kappa shape index (κ2) is 4.05. The van der Waals surface area contributed by atoms with E-state index in [9.17, 15) is 23.1 Å². The molecule has 0 amide bonds. The smallest absolute Gasteiger partial charge is 0.416 e. The van der Waals surface area contributed by atoms with Gasteiger partial charge in [0.2, 0.25) is 6.79 Å². The highest BCUT2D eigenvalue weighted by atomic mass is 19.4. The minimum absolute atomic E-state index is 0.0294. The van der Waals surface area contributed by atoms with Crippen LogP contribution in [-0.2, 0) is 11.0 Å². The van der Waals surface area contributed by atoms with Gasteiger partial charge in [-0.3, -0.25) is 0 Å². The fraction of sp³-hybridized carbons (Fsp3) is 0.300. The van der Waals surface area contributed by atoms with Crippen molar-refractivity contribution in [2.24, 2.45) is 0 Å². The number of hydrogen-bond donors (Lipinski definition) is 2. The molecule has 0 saturated carbocycles. The monoisotopic (exact) mass is 264 g/mol. The molecule has 1 aromatic carbocycles. The molecule has 98 valence electrons. The van der Waals surface area contributed by atoms with E-state index in [-0.39, 0.29) is 18.3 Å². The topological polar surface area (TPSA) is 76.0 Å². The van der Waals surface area contributed by atoms with Gasteiger partial charge in [-0.05, 0) is 12.1 Å². The summed E-state index contributed by atoms with van der Waals surface area (Å²) in [6.07, 6.45) is -7.13. The van der Waals surface area contributed by atoms with Crippen molar-refractivity contribution < 1.29 is 37.7 Å². The lowest BCUT2D eigenvalue weighted by Gasteiger charge is -2.16. The van der Waals surface area contributed by atoms with E-state index in [0.29, 0.717) is 6.07 Å². The van der Waals surface area contributed by atoms with Crippen molar-refractivity contribution in [1.82, 2.24) is 0 Å². The summed E-state index contributed by atoms with van der Waals surface area (Å²) >= 11 is 0. The van der Waals surface area contributed by atoms with Crippen molar-refractivity contribution in [3.8, 4) is 11.5 Å². The normalized spacial score (nSPS) is 15.6. The van der Waals surface area contributed by atoms with Gasteiger partial charge in [-0.1, -0.05) is 0 Å². The van der Waals surface area contributed by atoms with Crippen molar-refractivity contribution in [2.75, 3.05) is 6.79 Å². The van der Waals surface area contributed by atoms with Crippen molar-refractivity contribution in [3.05, 3.63) is 23.3 Å². The number of carboxylic acids is 1. The van der Waals surface area contributed by atoms with Crippen LogP contribution in [0.15, 0.2) is 12.1 Å². The van der Waals surface area contributed by atoms with E-state index in [1.54, 1.807) is 0 Å². The third kappa shape index (κ3) is 1.94. The van der Waals surface area contributed by atoms with E-state index < -0.39 is 29.4 Å². The van der Waals surface area contributed by atoms with Crippen LogP contribution in [0.4, 0.5) is 13.2 Å².